The monoisotopic (exact) mass is 460 g/mol. The molecule has 1 aromatic heterocycles. The molecule has 2 aromatic carbocycles. The summed E-state index contributed by atoms with van der Waals surface area (Å²) in [6.07, 6.45) is -4.19. The number of carbonyl (C=O) groups excluding carboxylic acids is 2. The number of hydrogen-bond donors (Lipinski definition) is 1. The minimum atomic E-state index is -4.52. The first-order valence-electron chi connectivity index (χ1n) is 10.6. The molecule has 0 bridgehead atoms. The van der Waals surface area contributed by atoms with Crippen LogP contribution >= 0.6 is 0 Å². The number of hydrogen-bond acceptors (Lipinski definition) is 3. The van der Waals surface area contributed by atoms with Crippen LogP contribution in [0, 0.1) is 5.41 Å². The zero-order valence-electron chi connectivity index (χ0n) is 19.0. The van der Waals surface area contributed by atoms with Crippen molar-refractivity contribution >= 4 is 28.5 Å². The number of aromatic nitrogens is 1. The number of halogens is 3. The van der Waals surface area contributed by atoms with Gasteiger partial charge >= 0.3 is 12.1 Å². The second-order valence-electron chi connectivity index (χ2n) is 9.05. The van der Waals surface area contributed by atoms with Gasteiger partial charge in [-0.3, -0.25) is 4.79 Å². The van der Waals surface area contributed by atoms with E-state index in [9.17, 15) is 22.8 Å². The summed E-state index contributed by atoms with van der Waals surface area (Å²) >= 11 is 0. The lowest BCUT2D eigenvalue weighted by molar-refractivity contribution is -0.138. The van der Waals surface area contributed by atoms with Crippen molar-refractivity contribution in [2.24, 2.45) is 5.41 Å². The summed E-state index contributed by atoms with van der Waals surface area (Å²) in [7, 11) is 0. The minimum absolute atomic E-state index is 0.0376. The van der Waals surface area contributed by atoms with E-state index < -0.39 is 17.7 Å². The molecule has 3 rings (SSSR count). The Bertz CT molecular complexity index is 1170. The van der Waals surface area contributed by atoms with E-state index in [0.717, 1.165) is 6.07 Å². The fraction of sp³-hybridized carbons (Fsp3) is 0.360. The molecule has 0 saturated carbocycles. The second-order valence-corrected chi connectivity index (χ2v) is 9.05. The van der Waals surface area contributed by atoms with Crippen molar-refractivity contribution < 1.29 is 27.5 Å². The molecule has 1 amide bonds. The Kier molecular flexibility index (Phi) is 6.86. The average molecular weight is 460 g/mol. The van der Waals surface area contributed by atoms with E-state index in [1.165, 1.54) is 22.8 Å². The highest BCUT2D eigenvalue weighted by Crippen LogP contribution is 2.33. The molecular formula is C25H27F3N2O3. The Labute approximate surface area is 190 Å². The summed E-state index contributed by atoms with van der Waals surface area (Å²) in [5, 5.41) is 3.45. The van der Waals surface area contributed by atoms with Crippen molar-refractivity contribution in [1.82, 2.24) is 4.57 Å². The molecule has 0 saturated heterocycles. The predicted octanol–water partition coefficient (Wildman–Crippen LogP) is 6.26. The summed E-state index contributed by atoms with van der Waals surface area (Å²) in [6.45, 7) is 7.50. The summed E-state index contributed by atoms with van der Waals surface area (Å²) in [5.74, 6) is -0.775. The average Bonchev–Trinajstić information content (AvgIpc) is 3.04. The molecule has 0 fully saturated rings. The molecule has 8 heteroatoms. The van der Waals surface area contributed by atoms with Crippen molar-refractivity contribution in [3.05, 3.63) is 65.4 Å². The van der Waals surface area contributed by atoms with Gasteiger partial charge in [0.25, 0.3) is 0 Å². The van der Waals surface area contributed by atoms with Gasteiger partial charge in [0.1, 0.15) is 5.69 Å². The zero-order chi connectivity index (χ0) is 24.4. The number of nitrogens with zero attached hydrogens (tertiary/aromatic N) is 1. The van der Waals surface area contributed by atoms with Crippen molar-refractivity contribution in [3.63, 3.8) is 0 Å². The first kappa shape index (κ1) is 24.4. The third-order valence-electron chi connectivity index (χ3n) is 5.01. The van der Waals surface area contributed by atoms with Gasteiger partial charge in [-0.05, 0) is 48.2 Å². The molecule has 0 spiro atoms. The number of carbonyl (C=O) groups is 2. The van der Waals surface area contributed by atoms with Crippen LogP contribution in [-0.4, -0.2) is 23.1 Å². The standard InChI is InChI=1S/C25H27F3N2O3/c1-5-33-23(32)21-13-17-12-18(29-22(31)14-24(2,3)4)10-11-20(17)30(21)15-16-8-6-7-9-19(16)25(26,27)28/h6-13H,5,14-15H2,1-4H3,(H,29,31). The van der Waals surface area contributed by atoms with Crippen LogP contribution in [0.1, 0.15) is 55.7 Å². The van der Waals surface area contributed by atoms with E-state index in [0.29, 0.717) is 23.0 Å². The molecule has 0 aliphatic heterocycles. The number of alkyl halides is 3. The molecule has 1 heterocycles. The van der Waals surface area contributed by atoms with Crippen LogP contribution in [0.15, 0.2) is 48.5 Å². The summed E-state index contributed by atoms with van der Waals surface area (Å²) < 4.78 is 47.2. The number of amides is 1. The molecule has 5 nitrogen and oxygen atoms in total. The van der Waals surface area contributed by atoms with E-state index in [1.54, 1.807) is 31.2 Å². The van der Waals surface area contributed by atoms with E-state index in [-0.39, 0.29) is 35.7 Å². The highest BCUT2D eigenvalue weighted by Gasteiger charge is 2.33. The van der Waals surface area contributed by atoms with Gasteiger partial charge < -0.3 is 14.6 Å². The topological polar surface area (TPSA) is 60.3 Å². The Balaban J connectivity index is 2.04. The lowest BCUT2D eigenvalue weighted by atomic mass is 9.92. The van der Waals surface area contributed by atoms with Gasteiger partial charge in [0, 0.05) is 29.6 Å². The lowest BCUT2D eigenvalue weighted by Crippen LogP contribution is -2.19. The Morgan fingerprint density at radius 3 is 2.36 bits per heavy atom. The van der Waals surface area contributed by atoms with Crippen LogP contribution in [0.4, 0.5) is 18.9 Å². The predicted molar refractivity (Wildman–Crippen MR) is 121 cm³/mol. The van der Waals surface area contributed by atoms with Gasteiger partial charge in [-0.1, -0.05) is 39.0 Å². The highest BCUT2D eigenvalue weighted by atomic mass is 19.4. The fourth-order valence-corrected chi connectivity index (χ4v) is 3.69. The Morgan fingerprint density at radius 1 is 1.03 bits per heavy atom. The van der Waals surface area contributed by atoms with Gasteiger partial charge in [0.15, 0.2) is 0 Å². The summed E-state index contributed by atoms with van der Waals surface area (Å²) in [6, 6.07) is 11.9. The number of nitrogens with one attached hydrogen (secondary N) is 1. The summed E-state index contributed by atoms with van der Waals surface area (Å²) in [5.41, 5.74) is 0.342. The molecular weight excluding hydrogens is 433 g/mol. The third-order valence-corrected chi connectivity index (χ3v) is 5.01. The van der Waals surface area contributed by atoms with Crippen LogP contribution < -0.4 is 5.32 Å². The van der Waals surface area contributed by atoms with E-state index in [1.807, 2.05) is 20.8 Å². The van der Waals surface area contributed by atoms with Crippen LogP contribution in [0.2, 0.25) is 0 Å². The maximum Gasteiger partial charge on any atom is 0.416 e. The normalized spacial score (nSPS) is 12.1. The van der Waals surface area contributed by atoms with Gasteiger partial charge in [0.2, 0.25) is 5.91 Å². The van der Waals surface area contributed by atoms with Crippen molar-refractivity contribution in [1.29, 1.82) is 0 Å². The van der Waals surface area contributed by atoms with Crippen LogP contribution in [0.5, 0.6) is 0 Å². The SMILES string of the molecule is CCOC(=O)c1cc2cc(NC(=O)CC(C)(C)C)ccc2n1Cc1ccccc1C(F)(F)F. The Hall–Kier alpha value is -3.29. The highest BCUT2D eigenvalue weighted by molar-refractivity contribution is 5.98. The van der Waals surface area contributed by atoms with Gasteiger partial charge in [0.05, 0.1) is 12.2 Å². The molecule has 0 radical (unpaired) electrons. The zero-order valence-corrected chi connectivity index (χ0v) is 19.0. The molecule has 33 heavy (non-hydrogen) atoms. The molecule has 3 aromatic rings. The Morgan fingerprint density at radius 2 is 1.73 bits per heavy atom. The number of ether oxygens (including phenoxy) is 1. The smallest absolute Gasteiger partial charge is 0.416 e. The minimum Gasteiger partial charge on any atom is -0.461 e. The molecule has 0 aliphatic rings. The van der Waals surface area contributed by atoms with Crippen molar-refractivity contribution in [3.8, 4) is 0 Å². The quantitative estimate of drug-likeness (QED) is 0.442. The third kappa shape index (κ3) is 5.94. The first-order chi connectivity index (χ1) is 15.4. The maximum atomic E-state index is 13.5. The second kappa shape index (κ2) is 9.29. The van der Waals surface area contributed by atoms with E-state index in [4.69, 9.17) is 4.74 Å². The van der Waals surface area contributed by atoms with Gasteiger partial charge in [-0.15, -0.1) is 0 Å². The number of esters is 1. The van der Waals surface area contributed by atoms with Gasteiger partial charge in [-0.25, -0.2) is 4.79 Å². The molecule has 0 unspecified atom stereocenters. The number of anilines is 1. The number of fused-ring (bicyclic) bond motifs is 1. The van der Waals surface area contributed by atoms with Crippen molar-refractivity contribution in [2.45, 2.75) is 46.8 Å². The molecule has 0 aliphatic carbocycles. The van der Waals surface area contributed by atoms with Crippen LogP contribution in [0.25, 0.3) is 10.9 Å². The van der Waals surface area contributed by atoms with Gasteiger partial charge in [-0.2, -0.15) is 13.2 Å². The molecule has 0 atom stereocenters. The van der Waals surface area contributed by atoms with Crippen LogP contribution in [-0.2, 0) is 22.3 Å². The first-order valence-corrected chi connectivity index (χ1v) is 10.6. The lowest BCUT2D eigenvalue weighted by Gasteiger charge is -2.17. The molecule has 176 valence electrons. The maximum absolute atomic E-state index is 13.5. The largest absolute Gasteiger partial charge is 0.461 e. The summed E-state index contributed by atoms with van der Waals surface area (Å²) in [4.78, 5) is 24.9. The number of rotatable bonds is 6. The van der Waals surface area contributed by atoms with Crippen LogP contribution in [0.3, 0.4) is 0 Å². The van der Waals surface area contributed by atoms with E-state index >= 15 is 0 Å². The van der Waals surface area contributed by atoms with E-state index in [2.05, 4.69) is 5.32 Å². The number of benzene rings is 2. The van der Waals surface area contributed by atoms with Crippen molar-refractivity contribution in [2.75, 3.05) is 11.9 Å². The molecule has 1 N–H and O–H groups in total. The fourth-order valence-electron chi connectivity index (χ4n) is 3.69.